The average Bonchev–Trinajstić information content (AvgIpc) is 2.14. The molecular formula is C10H22N2O. The van der Waals surface area contributed by atoms with E-state index in [0.29, 0.717) is 6.04 Å². The first-order valence-electron chi connectivity index (χ1n) is 4.98. The van der Waals surface area contributed by atoms with Gasteiger partial charge in [0.25, 0.3) is 0 Å². The number of hydrogen-bond donors (Lipinski definition) is 1. The van der Waals surface area contributed by atoms with Gasteiger partial charge in [-0.15, -0.1) is 0 Å². The maximum Gasteiger partial charge on any atom is 0.239 e. The number of amides is 1. The largest absolute Gasteiger partial charge is 0.342 e. The normalized spacial score (nSPS) is 15.2. The molecule has 3 nitrogen and oxygen atoms in total. The monoisotopic (exact) mass is 186 g/mol. The summed E-state index contributed by atoms with van der Waals surface area (Å²) < 4.78 is 0. The lowest BCUT2D eigenvalue weighted by Gasteiger charge is -2.27. The quantitative estimate of drug-likeness (QED) is 0.700. The smallest absolute Gasteiger partial charge is 0.239 e. The van der Waals surface area contributed by atoms with Crippen LogP contribution in [0.4, 0.5) is 0 Å². The van der Waals surface area contributed by atoms with Gasteiger partial charge < -0.3 is 10.2 Å². The average molecular weight is 186 g/mol. The van der Waals surface area contributed by atoms with E-state index in [2.05, 4.69) is 19.2 Å². The van der Waals surface area contributed by atoms with Crippen LogP contribution < -0.4 is 5.32 Å². The number of nitrogens with one attached hydrogen (secondary N) is 1. The summed E-state index contributed by atoms with van der Waals surface area (Å²) >= 11 is 0. The van der Waals surface area contributed by atoms with Gasteiger partial charge in [0, 0.05) is 13.1 Å². The Balaban J connectivity index is 4.08. The van der Waals surface area contributed by atoms with Gasteiger partial charge in [0.15, 0.2) is 0 Å². The van der Waals surface area contributed by atoms with Crippen molar-refractivity contribution in [3.63, 3.8) is 0 Å². The van der Waals surface area contributed by atoms with Crippen molar-refractivity contribution < 1.29 is 4.79 Å². The van der Waals surface area contributed by atoms with E-state index in [0.717, 1.165) is 12.8 Å². The molecule has 0 heterocycles. The lowest BCUT2D eigenvalue weighted by molar-refractivity contribution is -0.133. The van der Waals surface area contributed by atoms with Crippen molar-refractivity contribution in [2.45, 2.75) is 45.7 Å². The van der Waals surface area contributed by atoms with Crippen LogP contribution in [0.25, 0.3) is 0 Å². The number of rotatable bonds is 5. The Morgan fingerprint density at radius 2 is 2.00 bits per heavy atom. The van der Waals surface area contributed by atoms with Crippen LogP contribution in [0.3, 0.4) is 0 Å². The molecule has 0 rings (SSSR count). The highest BCUT2D eigenvalue weighted by molar-refractivity contribution is 5.81. The maximum absolute atomic E-state index is 11.7. The third kappa shape index (κ3) is 3.77. The van der Waals surface area contributed by atoms with Crippen molar-refractivity contribution >= 4 is 5.91 Å². The molecule has 0 aliphatic rings. The topological polar surface area (TPSA) is 32.3 Å². The minimum atomic E-state index is -0.0793. The third-order valence-corrected chi connectivity index (χ3v) is 2.52. The molecule has 0 saturated heterocycles. The second kappa shape index (κ2) is 5.97. The molecule has 0 aliphatic heterocycles. The molecule has 0 radical (unpaired) electrons. The third-order valence-electron chi connectivity index (χ3n) is 2.52. The first-order chi connectivity index (χ1) is 6.04. The zero-order chi connectivity index (χ0) is 10.4. The molecule has 0 saturated carbocycles. The van der Waals surface area contributed by atoms with Crippen LogP contribution in [0.15, 0.2) is 0 Å². The molecule has 0 aromatic heterocycles. The molecular weight excluding hydrogens is 164 g/mol. The maximum atomic E-state index is 11.7. The Kier molecular flexibility index (Phi) is 5.71. The highest BCUT2D eigenvalue weighted by Crippen LogP contribution is 2.05. The summed E-state index contributed by atoms with van der Waals surface area (Å²) in [7, 11) is 3.68. The van der Waals surface area contributed by atoms with Crippen LogP contribution in [0.2, 0.25) is 0 Å². The molecule has 0 fully saturated rings. The lowest BCUT2D eigenvalue weighted by atomic mass is 10.1. The van der Waals surface area contributed by atoms with Crippen molar-refractivity contribution in [2.75, 3.05) is 14.1 Å². The molecule has 2 unspecified atom stereocenters. The minimum absolute atomic E-state index is 0.0793. The zero-order valence-electron chi connectivity index (χ0n) is 9.42. The zero-order valence-corrected chi connectivity index (χ0v) is 9.42. The number of hydrogen-bond acceptors (Lipinski definition) is 2. The van der Waals surface area contributed by atoms with E-state index in [4.69, 9.17) is 0 Å². The molecule has 1 N–H and O–H groups in total. The van der Waals surface area contributed by atoms with Gasteiger partial charge in [-0.2, -0.15) is 0 Å². The number of nitrogens with zero attached hydrogens (tertiary/aromatic N) is 1. The molecule has 1 amide bonds. The summed E-state index contributed by atoms with van der Waals surface area (Å²) in [4.78, 5) is 13.5. The van der Waals surface area contributed by atoms with Gasteiger partial charge >= 0.3 is 0 Å². The Morgan fingerprint density at radius 1 is 1.46 bits per heavy atom. The second-order valence-corrected chi connectivity index (χ2v) is 3.60. The molecule has 0 aliphatic carbocycles. The van der Waals surface area contributed by atoms with E-state index in [1.807, 2.05) is 18.9 Å². The highest BCUT2D eigenvalue weighted by Gasteiger charge is 2.19. The Hall–Kier alpha value is -0.570. The fourth-order valence-electron chi connectivity index (χ4n) is 1.26. The van der Waals surface area contributed by atoms with Gasteiger partial charge in [-0.05, 0) is 27.3 Å². The predicted octanol–water partition coefficient (Wildman–Crippen LogP) is 1.24. The first kappa shape index (κ1) is 12.4. The van der Waals surface area contributed by atoms with Crippen LogP contribution >= 0.6 is 0 Å². The van der Waals surface area contributed by atoms with Crippen LogP contribution in [0.5, 0.6) is 0 Å². The van der Waals surface area contributed by atoms with Gasteiger partial charge in [0.1, 0.15) is 0 Å². The van der Waals surface area contributed by atoms with E-state index < -0.39 is 0 Å². The van der Waals surface area contributed by atoms with E-state index in [9.17, 15) is 4.79 Å². The van der Waals surface area contributed by atoms with E-state index in [-0.39, 0.29) is 11.9 Å². The summed E-state index contributed by atoms with van der Waals surface area (Å²) in [5.41, 5.74) is 0. The summed E-state index contributed by atoms with van der Waals surface area (Å²) in [5, 5.41) is 2.95. The predicted molar refractivity (Wildman–Crippen MR) is 55.7 cm³/mol. The Labute approximate surface area is 81.5 Å². The van der Waals surface area contributed by atoms with Gasteiger partial charge in [0.05, 0.1) is 6.04 Å². The summed E-state index contributed by atoms with van der Waals surface area (Å²) in [6.45, 7) is 6.11. The van der Waals surface area contributed by atoms with E-state index >= 15 is 0 Å². The molecule has 3 heteroatoms. The van der Waals surface area contributed by atoms with Crippen molar-refractivity contribution in [3.8, 4) is 0 Å². The van der Waals surface area contributed by atoms with Crippen LogP contribution in [-0.4, -0.2) is 37.0 Å². The molecule has 13 heavy (non-hydrogen) atoms. The standard InChI is InChI=1S/C10H22N2O/c1-6-7-8(2)12(5)10(13)9(3)11-4/h8-9,11H,6-7H2,1-5H3. The molecule has 0 aromatic rings. The minimum Gasteiger partial charge on any atom is -0.342 e. The van der Waals surface area contributed by atoms with Crippen LogP contribution in [-0.2, 0) is 4.79 Å². The fraction of sp³-hybridized carbons (Fsp3) is 0.900. The molecule has 2 atom stereocenters. The van der Waals surface area contributed by atoms with Crippen LogP contribution in [0.1, 0.15) is 33.6 Å². The van der Waals surface area contributed by atoms with Crippen molar-refractivity contribution in [3.05, 3.63) is 0 Å². The first-order valence-corrected chi connectivity index (χ1v) is 4.98. The number of carbonyl (C=O) groups excluding carboxylic acids is 1. The van der Waals surface area contributed by atoms with Gasteiger partial charge in [0.2, 0.25) is 5.91 Å². The number of carbonyl (C=O) groups is 1. The lowest BCUT2D eigenvalue weighted by Crippen LogP contribution is -2.45. The molecule has 0 spiro atoms. The SMILES string of the molecule is CCCC(C)N(C)C(=O)C(C)NC. The molecule has 0 aromatic carbocycles. The molecule has 78 valence electrons. The van der Waals surface area contributed by atoms with E-state index in [1.165, 1.54) is 0 Å². The van der Waals surface area contributed by atoms with Gasteiger partial charge in [-0.1, -0.05) is 13.3 Å². The molecule has 0 bridgehead atoms. The summed E-state index contributed by atoms with van der Waals surface area (Å²) in [6.07, 6.45) is 2.19. The van der Waals surface area contributed by atoms with Gasteiger partial charge in [-0.3, -0.25) is 4.79 Å². The Bertz CT molecular complexity index is 159. The van der Waals surface area contributed by atoms with Gasteiger partial charge in [-0.25, -0.2) is 0 Å². The van der Waals surface area contributed by atoms with Crippen molar-refractivity contribution in [2.24, 2.45) is 0 Å². The summed E-state index contributed by atoms with van der Waals surface area (Å²) in [5.74, 6) is 0.170. The van der Waals surface area contributed by atoms with Crippen molar-refractivity contribution in [1.82, 2.24) is 10.2 Å². The fourth-order valence-corrected chi connectivity index (χ4v) is 1.26. The van der Waals surface area contributed by atoms with Crippen molar-refractivity contribution in [1.29, 1.82) is 0 Å². The number of likely N-dealkylation sites (N-methyl/N-ethyl adjacent to an activating group) is 2. The van der Waals surface area contributed by atoms with E-state index in [1.54, 1.807) is 7.05 Å². The highest BCUT2D eigenvalue weighted by atomic mass is 16.2. The summed E-state index contributed by atoms with van der Waals surface area (Å²) in [6, 6.07) is 0.262. The Morgan fingerprint density at radius 3 is 2.38 bits per heavy atom. The second-order valence-electron chi connectivity index (χ2n) is 3.60. The van der Waals surface area contributed by atoms with Crippen LogP contribution in [0, 0.1) is 0 Å².